The second-order valence-corrected chi connectivity index (χ2v) is 5.12. The number of halogens is 1. The van der Waals surface area contributed by atoms with Gasteiger partial charge in [-0.3, -0.25) is 4.79 Å². The van der Waals surface area contributed by atoms with Gasteiger partial charge in [-0.25, -0.2) is 4.39 Å². The molecule has 1 amide bonds. The average Bonchev–Trinajstić information content (AvgIpc) is 2.96. The van der Waals surface area contributed by atoms with Gasteiger partial charge < -0.3 is 15.4 Å². The summed E-state index contributed by atoms with van der Waals surface area (Å²) < 4.78 is 19.2. The van der Waals surface area contributed by atoms with Crippen LogP contribution >= 0.6 is 0 Å². The zero-order valence-corrected chi connectivity index (χ0v) is 11.9. The van der Waals surface area contributed by atoms with Crippen LogP contribution in [0.4, 0.5) is 4.39 Å². The Morgan fingerprint density at radius 3 is 2.85 bits per heavy atom. The number of carbonyl (C=O) groups is 1. The number of rotatable bonds is 5. The van der Waals surface area contributed by atoms with E-state index in [-0.39, 0.29) is 23.8 Å². The number of hydrogen-bond acceptors (Lipinski definition) is 3. The molecule has 3 unspecified atom stereocenters. The summed E-state index contributed by atoms with van der Waals surface area (Å²) >= 11 is 0. The fraction of sp³-hybridized carbons (Fsp3) is 0.533. The van der Waals surface area contributed by atoms with Gasteiger partial charge in [0.15, 0.2) is 0 Å². The first-order valence-electron chi connectivity index (χ1n) is 6.94. The molecular weight excluding hydrogens is 259 g/mol. The average molecular weight is 280 g/mol. The molecule has 1 aromatic carbocycles. The molecular formula is C15H21FN2O2. The Morgan fingerprint density at radius 1 is 1.50 bits per heavy atom. The Kier molecular flexibility index (Phi) is 5.09. The van der Waals surface area contributed by atoms with Crippen molar-refractivity contribution in [3.05, 3.63) is 35.6 Å². The predicted molar refractivity (Wildman–Crippen MR) is 74.8 cm³/mol. The molecule has 20 heavy (non-hydrogen) atoms. The summed E-state index contributed by atoms with van der Waals surface area (Å²) in [5.74, 6) is -0.368. The van der Waals surface area contributed by atoms with Gasteiger partial charge in [0.2, 0.25) is 5.91 Å². The maximum atomic E-state index is 13.8. The van der Waals surface area contributed by atoms with Crippen LogP contribution in [-0.4, -0.2) is 31.6 Å². The molecule has 1 aromatic rings. The summed E-state index contributed by atoms with van der Waals surface area (Å²) in [4.78, 5) is 12.1. The van der Waals surface area contributed by atoms with E-state index in [4.69, 9.17) is 4.74 Å². The number of benzene rings is 1. The highest BCUT2D eigenvalue weighted by Crippen LogP contribution is 2.23. The molecule has 1 fully saturated rings. The zero-order chi connectivity index (χ0) is 14.5. The van der Waals surface area contributed by atoms with Gasteiger partial charge in [0, 0.05) is 12.7 Å². The summed E-state index contributed by atoms with van der Waals surface area (Å²) in [6.07, 6.45) is 1.35. The highest BCUT2D eigenvalue weighted by molar-refractivity contribution is 5.82. The third-order valence-corrected chi connectivity index (χ3v) is 3.67. The molecule has 1 aliphatic rings. The van der Waals surface area contributed by atoms with Crippen molar-refractivity contribution in [2.24, 2.45) is 0 Å². The summed E-state index contributed by atoms with van der Waals surface area (Å²) in [6.45, 7) is 2.70. The summed E-state index contributed by atoms with van der Waals surface area (Å²) in [5.41, 5.74) is 0.460. The summed E-state index contributed by atoms with van der Waals surface area (Å²) in [7, 11) is 1.52. The Morgan fingerprint density at radius 2 is 2.25 bits per heavy atom. The van der Waals surface area contributed by atoms with E-state index in [1.54, 1.807) is 18.2 Å². The molecule has 5 heteroatoms. The van der Waals surface area contributed by atoms with Crippen molar-refractivity contribution in [2.75, 3.05) is 13.7 Å². The van der Waals surface area contributed by atoms with Crippen molar-refractivity contribution < 1.29 is 13.9 Å². The van der Waals surface area contributed by atoms with Crippen molar-refractivity contribution >= 4 is 5.91 Å². The van der Waals surface area contributed by atoms with E-state index in [0.29, 0.717) is 5.56 Å². The lowest BCUT2D eigenvalue weighted by Gasteiger charge is -2.25. The van der Waals surface area contributed by atoms with E-state index >= 15 is 0 Å². The molecule has 0 aliphatic carbocycles. The molecule has 0 saturated carbocycles. The van der Waals surface area contributed by atoms with Crippen LogP contribution in [0.3, 0.4) is 0 Å². The van der Waals surface area contributed by atoms with Crippen molar-refractivity contribution in [1.82, 2.24) is 10.6 Å². The second-order valence-electron chi connectivity index (χ2n) is 5.12. The zero-order valence-electron chi connectivity index (χ0n) is 11.9. The van der Waals surface area contributed by atoms with E-state index in [0.717, 1.165) is 19.4 Å². The van der Waals surface area contributed by atoms with Crippen LogP contribution in [0, 0.1) is 5.82 Å². The lowest BCUT2D eigenvalue weighted by molar-refractivity contribution is -0.124. The molecule has 2 N–H and O–H groups in total. The minimum Gasteiger partial charge on any atom is -0.375 e. The van der Waals surface area contributed by atoms with Crippen LogP contribution in [0.1, 0.15) is 31.4 Å². The monoisotopic (exact) mass is 280 g/mol. The normalized spacial score (nSPS) is 21.4. The minimum absolute atomic E-state index is 0.0478. The molecule has 1 saturated heterocycles. The molecule has 0 radical (unpaired) electrons. The predicted octanol–water partition coefficient (Wildman–Crippen LogP) is 1.77. The van der Waals surface area contributed by atoms with Gasteiger partial charge in [-0.1, -0.05) is 18.2 Å². The quantitative estimate of drug-likeness (QED) is 0.864. The van der Waals surface area contributed by atoms with Crippen LogP contribution in [0.25, 0.3) is 0 Å². The smallest absolute Gasteiger partial charge is 0.237 e. The molecule has 1 heterocycles. The maximum absolute atomic E-state index is 13.8. The van der Waals surface area contributed by atoms with E-state index in [2.05, 4.69) is 10.6 Å². The second kappa shape index (κ2) is 6.81. The van der Waals surface area contributed by atoms with Crippen LogP contribution in [-0.2, 0) is 9.53 Å². The van der Waals surface area contributed by atoms with Crippen molar-refractivity contribution in [3.8, 4) is 0 Å². The summed E-state index contributed by atoms with van der Waals surface area (Å²) in [6, 6.07) is 6.03. The number of amides is 1. The lowest BCUT2D eigenvalue weighted by Crippen LogP contribution is -2.46. The van der Waals surface area contributed by atoms with Gasteiger partial charge in [0.25, 0.3) is 0 Å². The Bertz CT molecular complexity index is 461. The Hall–Kier alpha value is -1.46. The van der Waals surface area contributed by atoms with Gasteiger partial charge >= 0.3 is 0 Å². The van der Waals surface area contributed by atoms with Gasteiger partial charge in [-0.2, -0.15) is 0 Å². The summed E-state index contributed by atoms with van der Waals surface area (Å²) in [5, 5.41) is 6.05. The van der Waals surface area contributed by atoms with Crippen molar-refractivity contribution in [1.29, 1.82) is 0 Å². The molecule has 0 bridgehead atoms. The SMILES string of the molecule is COC(c1ccccc1F)C(C)NC(=O)C1CCCN1. The van der Waals surface area contributed by atoms with Gasteiger partial charge in [0.05, 0.1) is 12.1 Å². The van der Waals surface area contributed by atoms with Crippen LogP contribution in [0.5, 0.6) is 0 Å². The third kappa shape index (κ3) is 3.35. The first-order valence-corrected chi connectivity index (χ1v) is 6.94. The molecule has 0 spiro atoms. The lowest BCUT2D eigenvalue weighted by atomic mass is 10.0. The van der Waals surface area contributed by atoms with Crippen LogP contribution < -0.4 is 10.6 Å². The molecule has 1 aliphatic heterocycles. The maximum Gasteiger partial charge on any atom is 0.237 e. The third-order valence-electron chi connectivity index (χ3n) is 3.67. The van der Waals surface area contributed by atoms with E-state index < -0.39 is 6.10 Å². The molecule has 2 rings (SSSR count). The molecule has 3 atom stereocenters. The van der Waals surface area contributed by atoms with Gasteiger partial charge in [0.1, 0.15) is 11.9 Å². The van der Waals surface area contributed by atoms with Crippen molar-refractivity contribution in [2.45, 2.75) is 38.0 Å². The Balaban J connectivity index is 2.03. The van der Waals surface area contributed by atoms with E-state index in [1.165, 1.54) is 13.2 Å². The Labute approximate surface area is 118 Å². The minimum atomic E-state index is -0.499. The topological polar surface area (TPSA) is 50.4 Å². The fourth-order valence-electron chi connectivity index (χ4n) is 2.62. The molecule has 4 nitrogen and oxygen atoms in total. The van der Waals surface area contributed by atoms with Crippen LogP contribution in [0.2, 0.25) is 0 Å². The van der Waals surface area contributed by atoms with Crippen LogP contribution in [0.15, 0.2) is 24.3 Å². The number of carbonyl (C=O) groups excluding carboxylic acids is 1. The first kappa shape index (κ1) is 14.9. The van der Waals surface area contributed by atoms with Gasteiger partial charge in [-0.15, -0.1) is 0 Å². The highest BCUT2D eigenvalue weighted by Gasteiger charge is 2.27. The standard InChI is InChI=1S/C15H21FN2O2/c1-10(18-15(19)13-8-5-9-17-13)14(20-2)11-6-3-4-7-12(11)16/h3-4,6-7,10,13-14,17H,5,8-9H2,1-2H3,(H,18,19). The number of hydrogen-bond donors (Lipinski definition) is 2. The van der Waals surface area contributed by atoms with E-state index in [1.807, 2.05) is 6.92 Å². The molecule has 0 aromatic heterocycles. The number of nitrogens with one attached hydrogen (secondary N) is 2. The molecule has 110 valence electrons. The fourth-order valence-corrected chi connectivity index (χ4v) is 2.62. The van der Waals surface area contributed by atoms with Crippen molar-refractivity contribution in [3.63, 3.8) is 0 Å². The highest BCUT2D eigenvalue weighted by atomic mass is 19.1. The number of methoxy groups -OCH3 is 1. The largest absolute Gasteiger partial charge is 0.375 e. The number of ether oxygens (including phenoxy) is 1. The van der Waals surface area contributed by atoms with Gasteiger partial charge in [-0.05, 0) is 32.4 Å². The van der Waals surface area contributed by atoms with E-state index in [9.17, 15) is 9.18 Å². The first-order chi connectivity index (χ1) is 9.63.